The Morgan fingerprint density at radius 1 is 1.24 bits per heavy atom. The van der Waals surface area contributed by atoms with Gasteiger partial charge in [0.15, 0.2) is 0 Å². The Morgan fingerprint density at radius 3 is 2.53 bits per heavy atom. The molecule has 2 N–H and O–H groups in total. The van der Waals surface area contributed by atoms with Crippen LogP contribution in [0.25, 0.3) is 0 Å². The fraction of sp³-hybridized carbons (Fsp3) is 0.571. The van der Waals surface area contributed by atoms with Crippen LogP contribution in [0.4, 0.5) is 0 Å². The van der Waals surface area contributed by atoms with Gasteiger partial charge in [-0.1, -0.05) is 55.0 Å². The van der Waals surface area contributed by atoms with Crippen LogP contribution in [0, 0.1) is 11.8 Å². The van der Waals surface area contributed by atoms with Crippen LogP contribution in [0.1, 0.15) is 31.2 Å². The molecule has 2 rings (SSSR count). The van der Waals surface area contributed by atoms with Gasteiger partial charge in [-0.2, -0.15) is 0 Å². The summed E-state index contributed by atoms with van der Waals surface area (Å²) in [5, 5.41) is 1.47. The van der Waals surface area contributed by atoms with Gasteiger partial charge in [-0.05, 0) is 42.5 Å². The fourth-order valence-corrected chi connectivity index (χ4v) is 3.33. The second-order valence-corrected chi connectivity index (χ2v) is 5.82. The minimum absolute atomic E-state index is 0.566. The normalized spacial score (nSPS) is 18.5. The summed E-state index contributed by atoms with van der Waals surface area (Å²) in [6.45, 7) is 0.754. The molecule has 1 atom stereocenters. The standard InChI is InChI=1S/C14H19Cl2N/c15-13-6-5-11(14(16)8-13)7-12(9-17)10-3-1-2-4-10/h5-6,8,10,12H,1-4,7,9,17H2. The molecule has 0 saturated heterocycles. The largest absolute Gasteiger partial charge is 0.330 e. The van der Waals surface area contributed by atoms with E-state index in [9.17, 15) is 0 Å². The van der Waals surface area contributed by atoms with Gasteiger partial charge in [0.2, 0.25) is 0 Å². The predicted octanol–water partition coefficient (Wildman–Crippen LogP) is 4.30. The Hall–Kier alpha value is -0.240. The van der Waals surface area contributed by atoms with E-state index in [-0.39, 0.29) is 0 Å². The molecule has 1 saturated carbocycles. The Morgan fingerprint density at radius 2 is 1.94 bits per heavy atom. The molecule has 0 spiro atoms. The van der Waals surface area contributed by atoms with Crippen LogP contribution in [0.5, 0.6) is 0 Å². The van der Waals surface area contributed by atoms with Crippen LogP contribution in [-0.2, 0) is 6.42 Å². The summed E-state index contributed by atoms with van der Waals surface area (Å²) in [4.78, 5) is 0. The molecule has 0 bridgehead atoms. The first-order valence-corrected chi connectivity index (χ1v) is 7.10. The van der Waals surface area contributed by atoms with E-state index >= 15 is 0 Å². The second-order valence-electron chi connectivity index (χ2n) is 4.98. The molecule has 1 aliphatic rings. The Balaban J connectivity index is 2.06. The van der Waals surface area contributed by atoms with Crippen molar-refractivity contribution >= 4 is 23.2 Å². The lowest BCUT2D eigenvalue weighted by molar-refractivity contribution is 0.345. The molecule has 3 heteroatoms. The summed E-state index contributed by atoms with van der Waals surface area (Å²) in [5.41, 5.74) is 7.09. The molecule has 0 aromatic heterocycles. The van der Waals surface area contributed by atoms with Crippen molar-refractivity contribution in [3.8, 4) is 0 Å². The predicted molar refractivity (Wildman–Crippen MR) is 74.7 cm³/mol. The Bertz CT molecular complexity index is 372. The van der Waals surface area contributed by atoms with E-state index < -0.39 is 0 Å². The van der Waals surface area contributed by atoms with Gasteiger partial charge >= 0.3 is 0 Å². The highest BCUT2D eigenvalue weighted by Crippen LogP contribution is 2.34. The Labute approximate surface area is 113 Å². The number of benzene rings is 1. The summed E-state index contributed by atoms with van der Waals surface area (Å²) in [6, 6.07) is 5.76. The molecule has 17 heavy (non-hydrogen) atoms. The highest BCUT2D eigenvalue weighted by Gasteiger charge is 2.24. The SMILES string of the molecule is NCC(Cc1ccc(Cl)cc1Cl)C1CCCC1. The third-order valence-electron chi connectivity index (χ3n) is 3.87. The minimum atomic E-state index is 0.566. The lowest BCUT2D eigenvalue weighted by Gasteiger charge is -2.22. The molecule has 94 valence electrons. The first-order valence-electron chi connectivity index (χ1n) is 6.34. The smallest absolute Gasteiger partial charge is 0.0452 e. The molecule has 1 fully saturated rings. The van der Waals surface area contributed by atoms with Crippen LogP contribution in [0.2, 0.25) is 10.0 Å². The molecule has 0 aliphatic heterocycles. The van der Waals surface area contributed by atoms with Gasteiger partial charge < -0.3 is 5.73 Å². The summed E-state index contributed by atoms with van der Waals surface area (Å²) < 4.78 is 0. The van der Waals surface area contributed by atoms with Crippen molar-refractivity contribution < 1.29 is 0 Å². The highest BCUT2D eigenvalue weighted by molar-refractivity contribution is 6.35. The number of nitrogens with two attached hydrogens (primary N) is 1. The van der Waals surface area contributed by atoms with Gasteiger partial charge in [0, 0.05) is 10.0 Å². The van der Waals surface area contributed by atoms with Gasteiger partial charge in [-0.15, -0.1) is 0 Å². The van der Waals surface area contributed by atoms with Gasteiger partial charge in [0.05, 0.1) is 0 Å². The van der Waals surface area contributed by atoms with Gasteiger partial charge in [0.25, 0.3) is 0 Å². The molecule has 0 amide bonds. The monoisotopic (exact) mass is 271 g/mol. The van der Waals surface area contributed by atoms with Crippen LogP contribution >= 0.6 is 23.2 Å². The summed E-state index contributed by atoms with van der Waals surface area (Å²) >= 11 is 12.1. The van der Waals surface area contributed by atoms with E-state index in [1.54, 1.807) is 0 Å². The summed E-state index contributed by atoms with van der Waals surface area (Å²) in [5.74, 6) is 1.35. The molecule has 0 radical (unpaired) electrons. The zero-order valence-electron chi connectivity index (χ0n) is 9.96. The number of rotatable bonds is 4. The van der Waals surface area contributed by atoms with Crippen LogP contribution in [-0.4, -0.2) is 6.54 Å². The van der Waals surface area contributed by atoms with Crippen molar-refractivity contribution in [1.82, 2.24) is 0 Å². The van der Waals surface area contributed by atoms with E-state index in [0.29, 0.717) is 10.9 Å². The molecular formula is C14H19Cl2N. The van der Waals surface area contributed by atoms with Crippen molar-refractivity contribution in [3.63, 3.8) is 0 Å². The number of halogens is 2. The maximum atomic E-state index is 6.21. The third kappa shape index (κ3) is 3.37. The molecular weight excluding hydrogens is 253 g/mol. The van der Waals surface area contributed by atoms with E-state index in [2.05, 4.69) is 0 Å². The molecule has 1 nitrogen and oxygen atoms in total. The summed E-state index contributed by atoms with van der Waals surface area (Å²) in [7, 11) is 0. The van der Waals surface area contributed by atoms with Crippen molar-refractivity contribution in [2.75, 3.05) is 6.54 Å². The molecule has 1 aromatic carbocycles. The average Bonchev–Trinajstić information content (AvgIpc) is 2.81. The maximum absolute atomic E-state index is 6.21. The molecule has 1 unspecified atom stereocenters. The molecule has 1 aliphatic carbocycles. The van der Waals surface area contributed by atoms with Crippen molar-refractivity contribution in [3.05, 3.63) is 33.8 Å². The van der Waals surface area contributed by atoms with Crippen LogP contribution in [0.15, 0.2) is 18.2 Å². The average molecular weight is 272 g/mol. The highest BCUT2D eigenvalue weighted by atomic mass is 35.5. The van der Waals surface area contributed by atoms with E-state index in [4.69, 9.17) is 28.9 Å². The first-order chi connectivity index (χ1) is 8.20. The van der Waals surface area contributed by atoms with Gasteiger partial charge in [0.1, 0.15) is 0 Å². The second kappa shape index (κ2) is 6.08. The zero-order valence-corrected chi connectivity index (χ0v) is 11.5. The first kappa shape index (κ1) is 13.2. The van der Waals surface area contributed by atoms with Crippen LogP contribution < -0.4 is 5.73 Å². The lowest BCUT2D eigenvalue weighted by Crippen LogP contribution is -2.24. The van der Waals surface area contributed by atoms with Crippen molar-refractivity contribution in [2.45, 2.75) is 32.1 Å². The third-order valence-corrected chi connectivity index (χ3v) is 4.45. The van der Waals surface area contributed by atoms with E-state index in [1.807, 2.05) is 18.2 Å². The van der Waals surface area contributed by atoms with E-state index in [0.717, 1.165) is 23.9 Å². The molecule has 0 heterocycles. The quantitative estimate of drug-likeness (QED) is 0.868. The van der Waals surface area contributed by atoms with Gasteiger partial charge in [-0.25, -0.2) is 0 Å². The van der Waals surface area contributed by atoms with E-state index in [1.165, 1.54) is 31.2 Å². The topological polar surface area (TPSA) is 26.0 Å². The van der Waals surface area contributed by atoms with Crippen LogP contribution in [0.3, 0.4) is 0 Å². The zero-order chi connectivity index (χ0) is 12.3. The summed E-state index contributed by atoms with van der Waals surface area (Å²) in [6.07, 6.45) is 6.35. The number of hydrogen-bond donors (Lipinski definition) is 1. The minimum Gasteiger partial charge on any atom is -0.330 e. The Kier molecular flexibility index (Phi) is 4.72. The lowest BCUT2D eigenvalue weighted by atomic mass is 9.86. The van der Waals surface area contributed by atoms with Crippen molar-refractivity contribution in [2.24, 2.45) is 17.6 Å². The van der Waals surface area contributed by atoms with Gasteiger partial charge in [-0.3, -0.25) is 0 Å². The van der Waals surface area contributed by atoms with Crippen molar-refractivity contribution in [1.29, 1.82) is 0 Å². The molecule has 1 aromatic rings. The fourth-order valence-electron chi connectivity index (χ4n) is 2.84. The maximum Gasteiger partial charge on any atom is 0.0452 e. The number of hydrogen-bond acceptors (Lipinski definition) is 1.